The van der Waals surface area contributed by atoms with E-state index in [-0.39, 0.29) is 0 Å². The van der Waals surface area contributed by atoms with Crippen molar-refractivity contribution >= 4 is 27.7 Å². The summed E-state index contributed by atoms with van der Waals surface area (Å²) >= 11 is 3.27. The molecule has 1 heterocycles. The van der Waals surface area contributed by atoms with E-state index in [0.29, 0.717) is 16.4 Å². The molecule has 0 bridgehead atoms. The van der Waals surface area contributed by atoms with Crippen LogP contribution in [0.3, 0.4) is 0 Å². The standard InChI is InChI=1S/C9H13BrN4/c1-6(2)5-14(3)9-12-7(10)4-8(11)13-9/h4H,1,5H2,2-3H3,(H2,11,12,13). The minimum atomic E-state index is 0.454. The molecule has 0 aliphatic carbocycles. The number of anilines is 2. The highest BCUT2D eigenvalue weighted by atomic mass is 79.9. The largest absolute Gasteiger partial charge is 0.383 e. The van der Waals surface area contributed by atoms with Crippen molar-refractivity contribution < 1.29 is 0 Å². The zero-order valence-corrected chi connectivity index (χ0v) is 9.87. The van der Waals surface area contributed by atoms with Crippen molar-refractivity contribution in [1.82, 2.24) is 9.97 Å². The van der Waals surface area contributed by atoms with Gasteiger partial charge in [0.1, 0.15) is 10.4 Å². The lowest BCUT2D eigenvalue weighted by Gasteiger charge is -2.17. The molecule has 0 saturated heterocycles. The average molecular weight is 257 g/mol. The van der Waals surface area contributed by atoms with Crippen LogP contribution in [0.25, 0.3) is 0 Å². The highest BCUT2D eigenvalue weighted by Crippen LogP contribution is 2.15. The maximum Gasteiger partial charge on any atom is 0.228 e. The Labute approximate surface area is 92.0 Å². The summed E-state index contributed by atoms with van der Waals surface area (Å²) in [6, 6.07) is 1.66. The van der Waals surface area contributed by atoms with Gasteiger partial charge in [0.25, 0.3) is 0 Å². The predicted molar refractivity (Wildman–Crippen MR) is 62.2 cm³/mol. The number of aromatic nitrogens is 2. The first-order valence-corrected chi connectivity index (χ1v) is 4.94. The predicted octanol–water partition coefficient (Wildman–Crippen LogP) is 1.83. The van der Waals surface area contributed by atoms with Gasteiger partial charge in [0.05, 0.1) is 0 Å². The van der Waals surface area contributed by atoms with Crippen molar-refractivity contribution in [3.63, 3.8) is 0 Å². The zero-order valence-electron chi connectivity index (χ0n) is 8.29. The summed E-state index contributed by atoms with van der Waals surface area (Å²) in [5, 5.41) is 0. The van der Waals surface area contributed by atoms with Crippen molar-refractivity contribution in [2.75, 3.05) is 24.2 Å². The highest BCUT2D eigenvalue weighted by Gasteiger charge is 2.06. The van der Waals surface area contributed by atoms with Crippen LogP contribution in [-0.4, -0.2) is 23.6 Å². The molecule has 76 valence electrons. The first-order chi connectivity index (χ1) is 6.49. The maximum atomic E-state index is 5.60. The van der Waals surface area contributed by atoms with E-state index in [1.54, 1.807) is 6.07 Å². The van der Waals surface area contributed by atoms with E-state index in [4.69, 9.17) is 5.73 Å². The van der Waals surface area contributed by atoms with Crippen LogP contribution in [0.1, 0.15) is 6.92 Å². The molecule has 14 heavy (non-hydrogen) atoms. The SMILES string of the molecule is C=C(C)CN(C)c1nc(N)cc(Br)n1. The van der Waals surface area contributed by atoms with Crippen LogP contribution in [0.5, 0.6) is 0 Å². The van der Waals surface area contributed by atoms with Gasteiger partial charge in [0.15, 0.2) is 0 Å². The molecular weight excluding hydrogens is 244 g/mol. The summed E-state index contributed by atoms with van der Waals surface area (Å²) in [7, 11) is 1.90. The average Bonchev–Trinajstić information content (AvgIpc) is 2.00. The van der Waals surface area contributed by atoms with Gasteiger partial charge in [0.2, 0.25) is 5.95 Å². The van der Waals surface area contributed by atoms with Gasteiger partial charge in [-0.15, -0.1) is 0 Å². The Morgan fingerprint density at radius 1 is 1.64 bits per heavy atom. The van der Waals surface area contributed by atoms with E-state index in [1.165, 1.54) is 0 Å². The molecule has 1 aromatic heterocycles. The monoisotopic (exact) mass is 256 g/mol. The Balaban J connectivity index is 2.89. The summed E-state index contributed by atoms with van der Waals surface area (Å²) in [5.41, 5.74) is 6.65. The van der Waals surface area contributed by atoms with Crippen LogP contribution in [0.15, 0.2) is 22.8 Å². The molecule has 1 rings (SSSR count). The second kappa shape index (κ2) is 4.41. The highest BCUT2D eigenvalue weighted by molar-refractivity contribution is 9.10. The fraction of sp³-hybridized carbons (Fsp3) is 0.333. The van der Waals surface area contributed by atoms with Gasteiger partial charge in [-0.3, -0.25) is 0 Å². The minimum absolute atomic E-state index is 0.454. The molecule has 0 spiro atoms. The summed E-state index contributed by atoms with van der Waals surface area (Å²) in [5.74, 6) is 1.05. The lowest BCUT2D eigenvalue weighted by atomic mass is 10.3. The lowest BCUT2D eigenvalue weighted by Crippen LogP contribution is -2.21. The Morgan fingerprint density at radius 2 is 2.29 bits per heavy atom. The number of nitrogen functional groups attached to an aromatic ring is 1. The number of nitrogens with two attached hydrogens (primary N) is 1. The molecule has 2 N–H and O–H groups in total. The Bertz CT molecular complexity index is 330. The lowest BCUT2D eigenvalue weighted by molar-refractivity contribution is 0.912. The van der Waals surface area contributed by atoms with Crippen LogP contribution in [-0.2, 0) is 0 Å². The topological polar surface area (TPSA) is 55.0 Å². The molecular formula is C9H13BrN4. The third-order valence-corrected chi connectivity index (χ3v) is 1.96. The first kappa shape index (κ1) is 11.0. The van der Waals surface area contributed by atoms with Gasteiger partial charge >= 0.3 is 0 Å². The molecule has 0 aliphatic heterocycles. The summed E-state index contributed by atoms with van der Waals surface area (Å²) < 4.78 is 0.688. The molecule has 0 unspecified atom stereocenters. The number of hydrogen-bond donors (Lipinski definition) is 1. The molecule has 0 radical (unpaired) electrons. The number of halogens is 1. The fourth-order valence-electron chi connectivity index (χ4n) is 1.07. The van der Waals surface area contributed by atoms with E-state index in [9.17, 15) is 0 Å². The molecule has 0 saturated carbocycles. The molecule has 5 heteroatoms. The zero-order chi connectivity index (χ0) is 10.7. The Kier molecular flexibility index (Phi) is 3.46. The van der Waals surface area contributed by atoms with Gasteiger partial charge in [0, 0.05) is 19.7 Å². The van der Waals surface area contributed by atoms with E-state index < -0.39 is 0 Å². The number of likely N-dealkylation sites (N-methyl/N-ethyl adjacent to an activating group) is 1. The fourth-order valence-corrected chi connectivity index (χ4v) is 1.46. The number of nitrogens with zero attached hydrogens (tertiary/aromatic N) is 3. The summed E-state index contributed by atoms with van der Waals surface area (Å²) in [6.45, 7) is 6.50. The second-order valence-electron chi connectivity index (χ2n) is 3.23. The molecule has 0 fully saturated rings. The second-order valence-corrected chi connectivity index (χ2v) is 4.04. The van der Waals surface area contributed by atoms with Crippen LogP contribution in [0.2, 0.25) is 0 Å². The number of rotatable bonds is 3. The maximum absolute atomic E-state index is 5.60. The van der Waals surface area contributed by atoms with E-state index in [2.05, 4.69) is 32.5 Å². The Hall–Kier alpha value is -1.10. The summed E-state index contributed by atoms with van der Waals surface area (Å²) in [6.07, 6.45) is 0. The molecule has 0 aliphatic rings. The third-order valence-electron chi connectivity index (χ3n) is 1.55. The van der Waals surface area contributed by atoms with Crippen LogP contribution < -0.4 is 10.6 Å². The van der Waals surface area contributed by atoms with Crippen LogP contribution in [0.4, 0.5) is 11.8 Å². The molecule has 0 aromatic carbocycles. The van der Waals surface area contributed by atoms with E-state index in [1.807, 2.05) is 18.9 Å². The summed E-state index contributed by atoms with van der Waals surface area (Å²) in [4.78, 5) is 10.2. The van der Waals surface area contributed by atoms with Gasteiger partial charge in [-0.25, -0.2) is 4.98 Å². The molecule has 1 aromatic rings. The number of hydrogen-bond acceptors (Lipinski definition) is 4. The molecule has 0 amide bonds. The third kappa shape index (κ3) is 2.99. The normalized spacial score (nSPS) is 9.93. The van der Waals surface area contributed by atoms with Crippen molar-refractivity contribution in [1.29, 1.82) is 0 Å². The van der Waals surface area contributed by atoms with Crippen LogP contribution in [0, 0.1) is 0 Å². The van der Waals surface area contributed by atoms with Gasteiger partial charge in [-0.1, -0.05) is 12.2 Å². The van der Waals surface area contributed by atoms with Crippen molar-refractivity contribution in [2.24, 2.45) is 0 Å². The van der Waals surface area contributed by atoms with Crippen molar-refractivity contribution in [2.45, 2.75) is 6.92 Å². The smallest absolute Gasteiger partial charge is 0.228 e. The van der Waals surface area contributed by atoms with Gasteiger partial charge < -0.3 is 10.6 Å². The van der Waals surface area contributed by atoms with Crippen molar-refractivity contribution in [3.05, 3.63) is 22.8 Å². The molecule has 0 atom stereocenters. The van der Waals surface area contributed by atoms with Gasteiger partial charge in [-0.2, -0.15) is 4.98 Å². The van der Waals surface area contributed by atoms with Crippen molar-refractivity contribution in [3.8, 4) is 0 Å². The Morgan fingerprint density at radius 3 is 2.79 bits per heavy atom. The van der Waals surface area contributed by atoms with E-state index >= 15 is 0 Å². The van der Waals surface area contributed by atoms with Gasteiger partial charge in [-0.05, 0) is 22.9 Å². The minimum Gasteiger partial charge on any atom is -0.383 e. The molecule has 4 nitrogen and oxygen atoms in total. The quantitative estimate of drug-likeness (QED) is 0.663. The van der Waals surface area contributed by atoms with E-state index in [0.717, 1.165) is 12.1 Å². The first-order valence-electron chi connectivity index (χ1n) is 4.14. The van der Waals surface area contributed by atoms with Crippen LogP contribution >= 0.6 is 15.9 Å².